The first-order valence-electron chi connectivity index (χ1n) is 6.58. The summed E-state index contributed by atoms with van der Waals surface area (Å²) >= 11 is 0. The fraction of sp³-hybridized carbons (Fsp3) is 0.0588. The highest BCUT2D eigenvalue weighted by Gasteiger charge is 2.04. The largest absolute Gasteiger partial charge is 0.478 e. The lowest BCUT2D eigenvalue weighted by Gasteiger charge is -2.06. The average Bonchev–Trinajstić information content (AvgIpc) is 2.49. The molecule has 0 saturated carbocycles. The van der Waals surface area contributed by atoms with Gasteiger partial charge in [-0.3, -0.25) is 4.79 Å². The van der Waals surface area contributed by atoms with Gasteiger partial charge in [-0.25, -0.2) is 9.18 Å². The Morgan fingerprint density at radius 2 is 1.68 bits per heavy atom. The first kappa shape index (κ1) is 15.4. The van der Waals surface area contributed by atoms with Crippen molar-refractivity contribution < 1.29 is 19.1 Å². The number of benzene rings is 2. The molecule has 22 heavy (non-hydrogen) atoms. The molecular weight excluding hydrogens is 285 g/mol. The van der Waals surface area contributed by atoms with Crippen LogP contribution >= 0.6 is 0 Å². The van der Waals surface area contributed by atoms with E-state index in [-0.39, 0.29) is 18.1 Å². The second-order valence-electron chi connectivity index (χ2n) is 4.64. The molecular formula is C17H14FNO3. The molecule has 0 aliphatic heterocycles. The zero-order valence-corrected chi connectivity index (χ0v) is 11.6. The molecule has 112 valence electrons. The number of rotatable bonds is 5. The summed E-state index contributed by atoms with van der Waals surface area (Å²) in [6.45, 7) is 0. The van der Waals surface area contributed by atoms with Gasteiger partial charge >= 0.3 is 5.97 Å². The van der Waals surface area contributed by atoms with Crippen molar-refractivity contribution >= 4 is 23.6 Å². The van der Waals surface area contributed by atoms with Gasteiger partial charge in [0, 0.05) is 11.8 Å². The van der Waals surface area contributed by atoms with Crippen molar-refractivity contribution in [2.24, 2.45) is 0 Å². The van der Waals surface area contributed by atoms with Crippen LogP contribution in [0.3, 0.4) is 0 Å². The second kappa shape index (κ2) is 7.17. The van der Waals surface area contributed by atoms with E-state index in [1.165, 1.54) is 18.2 Å². The number of carboxylic acid groups (broad SMARTS) is 1. The highest BCUT2D eigenvalue weighted by atomic mass is 19.1. The van der Waals surface area contributed by atoms with Crippen molar-refractivity contribution in [3.63, 3.8) is 0 Å². The molecule has 0 atom stereocenters. The van der Waals surface area contributed by atoms with Crippen LogP contribution in [-0.2, 0) is 16.0 Å². The zero-order valence-electron chi connectivity index (χ0n) is 11.6. The maximum Gasteiger partial charge on any atom is 0.328 e. The lowest BCUT2D eigenvalue weighted by Crippen LogP contribution is -2.14. The van der Waals surface area contributed by atoms with Crippen LogP contribution in [0.4, 0.5) is 10.1 Å². The van der Waals surface area contributed by atoms with E-state index >= 15 is 0 Å². The number of hydrogen-bond donors (Lipinski definition) is 2. The molecule has 0 unspecified atom stereocenters. The molecule has 0 saturated heterocycles. The lowest BCUT2D eigenvalue weighted by atomic mass is 10.1. The summed E-state index contributed by atoms with van der Waals surface area (Å²) in [5.74, 6) is -1.56. The van der Waals surface area contributed by atoms with Crippen molar-refractivity contribution in [3.05, 3.63) is 71.6 Å². The summed E-state index contributed by atoms with van der Waals surface area (Å²) in [5.41, 5.74) is 2.05. The van der Waals surface area contributed by atoms with Gasteiger partial charge in [0.2, 0.25) is 5.91 Å². The molecule has 0 spiro atoms. The number of aliphatic carboxylic acids is 1. The third-order valence-electron chi connectivity index (χ3n) is 2.89. The second-order valence-corrected chi connectivity index (χ2v) is 4.64. The van der Waals surface area contributed by atoms with E-state index in [9.17, 15) is 14.0 Å². The highest BCUT2D eigenvalue weighted by Crippen LogP contribution is 2.12. The van der Waals surface area contributed by atoms with Crippen LogP contribution in [0, 0.1) is 5.82 Å². The van der Waals surface area contributed by atoms with E-state index < -0.39 is 5.97 Å². The maximum absolute atomic E-state index is 12.8. The summed E-state index contributed by atoms with van der Waals surface area (Å²) in [4.78, 5) is 22.3. The van der Waals surface area contributed by atoms with E-state index in [2.05, 4.69) is 5.32 Å². The maximum atomic E-state index is 12.8. The Morgan fingerprint density at radius 3 is 2.27 bits per heavy atom. The van der Waals surface area contributed by atoms with Gasteiger partial charge in [0.05, 0.1) is 6.42 Å². The van der Waals surface area contributed by atoms with Crippen LogP contribution in [0.5, 0.6) is 0 Å². The minimum atomic E-state index is -1.02. The van der Waals surface area contributed by atoms with E-state index in [4.69, 9.17) is 5.11 Å². The molecule has 2 N–H and O–H groups in total. The Hall–Kier alpha value is -2.95. The highest BCUT2D eigenvalue weighted by molar-refractivity contribution is 5.92. The van der Waals surface area contributed by atoms with Crippen LogP contribution in [-0.4, -0.2) is 17.0 Å². The first-order valence-corrected chi connectivity index (χ1v) is 6.58. The number of nitrogens with one attached hydrogen (secondary N) is 1. The van der Waals surface area contributed by atoms with Gasteiger partial charge in [-0.15, -0.1) is 0 Å². The smallest absolute Gasteiger partial charge is 0.328 e. The number of amides is 1. The molecule has 4 nitrogen and oxygen atoms in total. The number of anilines is 1. The zero-order chi connectivity index (χ0) is 15.9. The van der Waals surface area contributed by atoms with E-state index in [0.29, 0.717) is 5.69 Å². The molecule has 0 radical (unpaired) electrons. The number of carbonyl (C=O) groups is 2. The predicted molar refractivity (Wildman–Crippen MR) is 81.8 cm³/mol. The Kier molecular flexibility index (Phi) is 5.03. The standard InChI is InChI=1S/C17H14FNO3/c18-14-6-1-13(2-7-14)11-16(20)19-15-8-3-12(4-9-15)5-10-17(21)22/h1-10H,11H2,(H,19,20)(H,21,22)/b10-5+. The Balaban J connectivity index is 1.94. The van der Waals surface area contributed by atoms with Gasteiger partial charge in [-0.1, -0.05) is 24.3 Å². The molecule has 2 aromatic rings. The Morgan fingerprint density at radius 1 is 1.05 bits per heavy atom. The quantitative estimate of drug-likeness (QED) is 0.834. The summed E-state index contributed by atoms with van der Waals surface area (Å²) in [5, 5.41) is 11.3. The van der Waals surface area contributed by atoms with Gasteiger partial charge in [-0.2, -0.15) is 0 Å². The topological polar surface area (TPSA) is 66.4 Å². The fourth-order valence-electron chi connectivity index (χ4n) is 1.84. The van der Waals surface area contributed by atoms with Crippen molar-refractivity contribution in [1.29, 1.82) is 0 Å². The summed E-state index contributed by atoms with van der Waals surface area (Å²) in [7, 11) is 0. The van der Waals surface area contributed by atoms with Crippen LogP contribution in [0.2, 0.25) is 0 Å². The van der Waals surface area contributed by atoms with Gasteiger partial charge in [0.25, 0.3) is 0 Å². The third kappa shape index (κ3) is 4.86. The van der Waals surface area contributed by atoms with E-state index in [1.807, 2.05) is 0 Å². The van der Waals surface area contributed by atoms with Crippen LogP contribution in [0.1, 0.15) is 11.1 Å². The van der Waals surface area contributed by atoms with Crippen LogP contribution in [0.15, 0.2) is 54.6 Å². The Labute approximate surface area is 126 Å². The van der Waals surface area contributed by atoms with Crippen molar-refractivity contribution in [2.75, 3.05) is 5.32 Å². The molecule has 2 rings (SSSR count). The average molecular weight is 299 g/mol. The predicted octanol–water partition coefficient (Wildman–Crippen LogP) is 3.10. The van der Waals surface area contributed by atoms with Gasteiger partial charge in [0.1, 0.15) is 5.82 Å². The minimum Gasteiger partial charge on any atom is -0.478 e. The number of halogens is 1. The SMILES string of the molecule is O=C(O)/C=C/c1ccc(NC(=O)Cc2ccc(F)cc2)cc1. The van der Waals surface area contributed by atoms with Crippen LogP contribution < -0.4 is 5.32 Å². The number of hydrogen-bond acceptors (Lipinski definition) is 2. The fourth-order valence-corrected chi connectivity index (χ4v) is 1.84. The molecule has 0 fully saturated rings. The van der Waals surface area contributed by atoms with Crippen LogP contribution in [0.25, 0.3) is 6.08 Å². The molecule has 1 amide bonds. The molecule has 0 aliphatic carbocycles. The van der Waals surface area contributed by atoms with Gasteiger partial charge in [-0.05, 0) is 41.5 Å². The monoisotopic (exact) mass is 299 g/mol. The Bertz CT molecular complexity index is 691. The van der Waals surface area contributed by atoms with E-state index in [0.717, 1.165) is 17.2 Å². The molecule has 2 aromatic carbocycles. The summed E-state index contributed by atoms with van der Waals surface area (Å²) < 4.78 is 12.8. The molecule has 0 bridgehead atoms. The third-order valence-corrected chi connectivity index (χ3v) is 2.89. The van der Waals surface area contributed by atoms with Gasteiger partial charge < -0.3 is 10.4 Å². The van der Waals surface area contributed by atoms with E-state index in [1.54, 1.807) is 36.4 Å². The first-order chi connectivity index (χ1) is 10.5. The minimum absolute atomic E-state index is 0.154. The van der Waals surface area contributed by atoms with Gasteiger partial charge in [0.15, 0.2) is 0 Å². The molecule has 0 heterocycles. The summed E-state index contributed by atoms with van der Waals surface area (Å²) in [6.07, 6.45) is 2.66. The van der Waals surface area contributed by atoms with Crippen molar-refractivity contribution in [1.82, 2.24) is 0 Å². The number of carboxylic acids is 1. The summed E-state index contributed by atoms with van der Waals surface area (Å²) in [6, 6.07) is 12.5. The number of carbonyl (C=O) groups excluding carboxylic acids is 1. The van der Waals surface area contributed by atoms with Crippen molar-refractivity contribution in [3.8, 4) is 0 Å². The molecule has 5 heteroatoms. The van der Waals surface area contributed by atoms with Crippen molar-refractivity contribution in [2.45, 2.75) is 6.42 Å². The lowest BCUT2D eigenvalue weighted by molar-refractivity contribution is -0.131. The normalized spacial score (nSPS) is 10.6. The molecule has 0 aromatic heterocycles. The molecule has 0 aliphatic rings.